The van der Waals surface area contributed by atoms with Crippen molar-refractivity contribution >= 4 is 24.9 Å². The van der Waals surface area contributed by atoms with Gasteiger partial charge in [-0.15, -0.1) is 0 Å². The zero-order valence-electron chi connectivity index (χ0n) is 20.5. The van der Waals surface area contributed by atoms with Gasteiger partial charge in [-0.3, -0.25) is 20.0 Å². The van der Waals surface area contributed by atoms with Gasteiger partial charge < -0.3 is 21.3 Å². The fourth-order valence-corrected chi connectivity index (χ4v) is 3.91. The molecule has 0 spiro atoms. The van der Waals surface area contributed by atoms with Crippen LogP contribution in [0.2, 0.25) is 0 Å². The first-order chi connectivity index (χ1) is 15.5. The Hall–Kier alpha value is -1.74. The summed E-state index contributed by atoms with van der Waals surface area (Å²) in [6.07, 6.45) is 9.83. The zero-order chi connectivity index (χ0) is 23.0. The number of hydrogen-bond acceptors (Lipinski definition) is 8. The second-order valence-corrected chi connectivity index (χ2v) is 8.94. The summed E-state index contributed by atoms with van der Waals surface area (Å²) < 4.78 is 0. The number of aliphatic imine (C=N–C) groups is 4. The Morgan fingerprint density at radius 2 is 0.750 bits per heavy atom. The molecule has 2 rings (SSSR count). The zero-order valence-corrected chi connectivity index (χ0v) is 20.5. The molecule has 1 unspecified atom stereocenters. The Balaban J connectivity index is 2.18. The van der Waals surface area contributed by atoms with E-state index in [-0.39, 0.29) is 0 Å². The second-order valence-electron chi connectivity index (χ2n) is 8.94. The number of nitrogens with zero attached hydrogens (tertiary/aromatic N) is 4. The highest BCUT2D eigenvalue weighted by Gasteiger charge is 2.09. The highest BCUT2D eigenvalue weighted by molar-refractivity contribution is 6.18. The highest BCUT2D eigenvalue weighted by Crippen LogP contribution is 2.01. The minimum Gasteiger partial charge on any atom is -0.312 e. The van der Waals surface area contributed by atoms with E-state index < -0.39 is 0 Å². The summed E-state index contributed by atoms with van der Waals surface area (Å²) in [5, 5.41) is 14.2. The second kappa shape index (κ2) is 16.0. The molecule has 0 aromatic rings. The average Bonchev–Trinajstić information content (AvgIpc) is 2.74. The van der Waals surface area contributed by atoms with E-state index in [1.54, 1.807) is 0 Å². The van der Waals surface area contributed by atoms with Crippen molar-refractivity contribution in [3.63, 3.8) is 0 Å². The lowest BCUT2D eigenvalue weighted by atomic mass is 10.1. The lowest BCUT2D eigenvalue weighted by Gasteiger charge is -2.19. The SMILES string of the molecule is CC1C[C@@H](C)NCCN=CC(=C2C=NCCN[C@H](C)C[C@H](C)NCCN=C2)C=NCCN1. The Morgan fingerprint density at radius 3 is 1.00 bits per heavy atom. The van der Waals surface area contributed by atoms with Crippen molar-refractivity contribution in [1.82, 2.24) is 21.3 Å². The molecule has 4 atom stereocenters. The first-order valence-electron chi connectivity index (χ1n) is 12.2. The van der Waals surface area contributed by atoms with Gasteiger partial charge in [-0.25, -0.2) is 0 Å². The Bertz CT molecular complexity index is 559. The minimum atomic E-state index is 0.462. The molecule has 0 aromatic carbocycles. The van der Waals surface area contributed by atoms with Gasteiger partial charge in [0.15, 0.2) is 0 Å². The molecule has 2 heterocycles. The highest BCUT2D eigenvalue weighted by atomic mass is 15.0. The van der Waals surface area contributed by atoms with Crippen molar-refractivity contribution in [2.75, 3.05) is 52.4 Å². The maximum atomic E-state index is 4.65. The third kappa shape index (κ3) is 11.8. The number of nitrogens with one attached hydrogen (secondary N) is 4. The molecule has 4 N–H and O–H groups in total. The summed E-state index contributed by atoms with van der Waals surface area (Å²) in [4.78, 5) is 18.6. The van der Waals surface area contributed by atoms with Crippen LogP contribution < -0.4 is 21.3 Å². The minimum absolute atomic E-state index is 0.462. The van der Waals surface area contributed by atoms with Crippen LogP contribution in [0.15, 0.2) is 31.1 Å². The molecule has 2 aliphatic heterocycles. The molecule has 0 amide bonds. The van der Waals surface area contributed by atoms with E-state index in [1.165, 1.54) is 0 Å². The van der Waals surface area contributed by atoms with Crippen LogP contribution in [0.5, 0.6) is 0 Å². The van der Waals surface area contributed by atoms with Crippen LogP contribution in [0, 0.1) is 0 Å². The van der Waals surface area contributed by atoms with Gasteiger partial charge in [0.2, 0.25) is 0 Å². The van der Waals surface area contributed by atoms with Gasteiger partial charge in [-0.05, 0) is 40.5 Å². The third-order valence-electron chi connectivity index (χ3n) is 5.60. The molecule has 0 aliphatic carbocycles. The van der Waals surface area contributed by atoms with E-state index in [1.807, 2.05) is 24.9 Å². The van der Waals surface area contributed by atoms with Crippen molar-refractivity contribution in [1.29, 1.82) is 0 Å². The Kier molecular flexibility index (Phi) is 13.2. The van der Waals surface area contributed by atoms with Crippen LogP contribution in [-0.2, 0) is 0 Å². The van der Waals surface area contributed by atoms with E-state index in [2.05, 4.69) is 68.9 Å². The van der Waals surface area contributed by atoms with Crippen LogP contribution in [0.1, 0.15) is 40.5 Å². The van der Waals surface area contributed by atoms with Gasteiger partial charge in [-0.1, -0.05) is 0 Å². The maximum absolute atomic E-state index is 4.65. The average molecular weight is 445 g/mol. The Morgan fingerprint density at radius 1 is 0.500 bits per heavy atom. The van der Waals surface area contributed by atoms with Crippen LogP contribution in [0.4, 0.5) is 0 Å². The molecule has 0 bridgehead atoms. The molecular formula is C24H44N8. The van der Waals surface area contributed by atoms with Crippen LogP contribution in [0.3, 0.4) is 0 Å². The molecule has 180 valence electrons. The summed E-state index contributed by atoms with van der Waals surface area (Å²) >= 11 is 0. The van der Waals surface area contributed by atoms with Crippen molar-refractivity contribution in [3.8, 4) is 0 Å². The van der Waals surface area contributed by atoms with E-state index in [9.17, 15) is 0 Å². The molecule has 2 aliphatic rings. The monoisotopic (exact) mass is 444 g/mol. The summed E-state index contributed by atoms with van der Waals surface area (Å²) in [6.45, 7) is 15.3. The topological polar surface area (TPSA) is 97.6 Å². The maximum Gasteiger partial charge on any atom is 0.0514 e. The summed E-state index contributed by atoms with van der Waals surface area (Å²) in [6, 6.07) is 1.85. The third-order valence-corrected chi connectivity index (χ3v) is 5.60. The largest absolute Gasteiger partial charge is 0.312 e. The molecule has 8 heteroatoms. The smallest absolute Gasteiger partial charge is 0.0514 e. The lowest BCUT2D eigenvalue weighted by molar-refractivity contribution is 0.432. The van der Waals surface area contributed by atoms with Crippen molar-refractivity contribution in [2.45, 2.75) is 64.7 Å². The predicted molar refractivity (Wildman–Crippen MR) is 140 cm³/mol. The first kappa shape index (κ1) is 26.5. The number of rotatable bonds is 0. The summed E-state index contributed by atoms with van der Waals surface area (Å²) in [5.74, 6) is 0. The molecular weight excluding hydrogens is 400 g/mol. The summed E-state index contributed by atoms with van der Waals surface area (Å²) in [7, 11) is 0. The van der Waals surface area contributed by atoms with Crippen molar-refractivity contribution in [3.05, 3.63) is 11.1 Å². The van der Waals surface area contributed by atoms with E-state index >= 15 is 0 Å². The molecule has 0 radical (unpaired) electrons. The van der Waals surface area contributed by atoms with Gasteiger partial charge >= 0.3 is 0 Å². The lowest BCUT2D eigenvalue weighted by Crippen LogP contribution is -2.37. The first-order valence-corrected chi connectivity index (χ1v) is 12.2. The molecule has 0 fully saturated rings. The standard InChI is InChI=1S/C24H44N8/c1-19-13-20(2)30-10-6-26-16-23(15-25-5-9-29-19)24-17-27-7-11-31-21(3)14-22(4)32-12-8-28-18-24/h15-22,29-32H,5-14H2,1-4H3/t19-,20+,21-,22?/m1/s1. The Labute approximate surface area is 194 Å². The normalized spacial score (nSPS) is 32.9. The van der Waals surface area contributed by atoms with Crippen molar-refractivity contribution in [2.24, 2.45) is 20.0 Å². The van der Waals surface area contributed by atoms with Crippen LogP contribution in [-0.4, -0.2) is 101 Å². The van der Waals surface area contributed by atoms with E-state index in [4.69, 9.17) is 0 Å². The molecule has 8 nitrogen and oxygen atoms in total. The summed E-state index contributed by atoms with van der Waals surface area (Å²) in [5.41, 5.74) is 1.90. The fraction of sp³-hybridized carbons (Fsp3) is 0.750. The molecule has 32 heavy (non-hydrogen) atoms. The quantitative estimate of drug-likeness (QED) is 0.453. The van der Waals surface area contributed by atoms with E-state index in [0.29, 0.717) is 24.2 Å². The fourth-order valence-electron chi connectivity index (χ4n) is 3.91. The molecule has 0 aromatic heterocycles. The van der Waals surface area contributed by atoms with Gasteiger partial charge in [0.25, 0.3) is 0 Å². The number of allylic oxidation sites excluding steroid dienone is 2. The van der Waals surface area contributed by atoms with Crippen molar-refractivity contribution < 1.29 is 0 Å². The van der Waals surface area contributed by atoms with Gasteiger partial charge in [-0.2, -0.15) is 0 Å². The van der Waals surface area contributed by atoms with Gasteiger partial charge in [0.05, 0.1) is 26.2 Å². The van der Waals surface area contributed by atoms with Crippen LogP contribution in [0.25, 0.3) is 0 Å². The van der Waals surface area contributed by atoms with E-state index in [0.717, 1.165) is 76.3 Å². The van der Waals surface area contributed by atoms with Gasteiger partial charge in [0.1, 0.15) is 0 Å². The van der Waals surface area contributed by atoms with Crippen LogP contribution >= 0.6 is 0 Å². The van der Waals surface area contributed by atoms with Gasteiger partial charge in [0, 0.05) is 86.4 Å². The molecule has 0 saturated carbocycles. The molecule has 0 saturated heterocycles. The predicted octanol–water partition coefficient (Wildman–Crippen LogP) is 1.29. The number of hydrogen-bond donors (Lipinski definition) is 4.